The lowest BCUT2D eigenvalue weighted by molar-refractivity contribution is 0.412. The first-order valence-electron chi connectivity index (χ1n) is 7.59. The van der Waals surface area contributed by atoms with Crippen molar-refractivity contribution < 1.29 is 4.74 Å². The third kappa shape index (κ3) is 2.44. The highest BCUT2D eigenvalue weighted by molar-refractivity contribution is 5.69. The quantitative estimate of drug-likeness (QED) is 0.726. The molecule has 0 bridgehead atoms. The number of aryl methyl sites for hydroxylation is 2. The molecule has 1 atom stereocenters. The summed E-state index contributed by atoms with van der Waals surface area (Å²) in [4.78, 5) is 4.78. The minimum atomic E-state index is -0.247. The van der Waals surface area contributed by atoms with Crippen molar-refractivity contribution in [2.75, 3.05) is 7.11 Å². The highest BCUT2D eigenvalue weighted by Gasteiger charge is 2.20. The average Bonchev–Trinajstić information content (AvgIpc) is 2.95. The number of benzene rings is 1. The number of aromatic nitrogens is 2. The normalized spacial score (nSPS) is 12.1. The molecule has 1 unspecified atom stereocenters. The van der Waals surface area contributed by atoms with E-state index in [4.69, 9.17) is 9.72 Å². The number of imidazole rings is 1. The third-order valence-electron chi connectivity index (χ3n) is 4.15. The topological polar surface area (TPSA) is 50.3 Å². The van der Waals surface area contributed by atoms with Crippen molar-refractivity contribution in [2.45, 2.75) is 26.7 Å². The largest absolute Gasteiger partial charge is 0.496 e. The first kappa shape index (κ1) is 15.1. The maximum absolute atomic E-state index is 9.45. The molecule has 0 spiro atoms. The molecule has 0 N–H and O–H groups in total. The van der Waals surface area contributed by atoms with E-state index in [0.717, 1.165) is 39.6 Å². The number of pyridine rings is 1. The van der Waals surface area contributed by atoms with Crippen molar-refractivity contribution in [2.24, 2.45) is 0 Å². The maximum Gasteiger partial charge on any atom is 0.137 e. The van der Waals surface area contributed by atoms with Gasteiger partial charge in [-0.2, -0.15) is 5.26 Å². The molecular formula is C19H19N3O. The Balaban J connectivity index is 2.31. The molecule has 3 aromatic rings. The van der Waals surface area contributed by atoms with Crippen LogP contribution in [0.1, 0.15) is 29.8 Å². The van der Waals surface area contributed by atoms with Crippen molar-refractivity contribution in [3.8, 4) is 23.1 Å². The molecule has 23 heavy (non-hydrogen) atoms. The molecule has 0 fully saturated rings. The summed E-state index contributed by atoms with van der Waals surface area (Å²) in [6.07, 6.45) is 0. The molecule has 116 valence electrons. The molecule has 2 heterocycles. The van der Waals surface area contributed by atoms with Crippen molar-refractivity contribution >= 4 is 5.65 Å². The fourth-order valence-electron chi connectivity index (χ4n) is 2.98. The molecule has 0 aliphatic carbocycles. The standard InChI is InChI=1S/C19H19N3O/c1-12-10-15(8-9-16(12)23-4)18-19(13(2)11-20)22-14(3)6-5-7-17(22)21-18/h5-10,13H,1-4H3. The van der Waals surface area contributed by atoms with Crippen LogP contribution >= 0.6 is 0 Å². The molecule has 4 nitrogen and oxygen atoms in total. The lowest BCUT2D eigenvalue weighted by Crippen LogP contribution is -2.01. The Hall–Kier alpha value is -2.80. The van der Waals surface area contributed by atoms with Crippen LogP contribution in [-0.4, -0.2) is 16.5 Å². The van der Waals surface area contributed by atoms with E-state index in [9.17, 15) is 5.26 Å². The molecule has 2 aromatic heterocycles. The van der Waals surface area contributed by atoms with Crippen LogP contribution < -0.4 is 4.74 Å². The number of nitriles is 1. The number of methoxy groups -OCH3 is 1. The summed E-state index contributed by atoms with van der Waals surface area (Å²) in [6.45, 7) is 5.96. The predicted octanol–water partition coefficient (Wildman–Crippen LogP) is 4.25. The van der Waals surface area contributed by atoms with Gasteiger partial charge in [0.1, 0.15) is 11.4 Å². The van der Waals surface area contributed by atoms with Crippen LogP contribution in [0.15, 0.2) is 36.4 Å². The van der Waals surface area contributed by atoms with Gasteiger partial charge in [0.15, 0.2) is 0 Å². The molecule has 3 rings (SSSR count). The Bertz CT molecular complexity index is 918. The van der Waals surface area contributed by atoms with E-state index >= 15 is 0 Å². The van der Waals surface area contributed by atoms with Crippen LogP contribution in [0.5, 0.6) is 5.75 Å². The summed E-state index contributed by atoms with van der Waals surface area (Å²) in [5, 5.41) is 9.45. The van der Waals surface area contributed by atoms with Gasteiger partial charge in [-0.05, 0) is 56.7 Å². The molecule has 0 radical (unpaired) electrons. The molecule has 1 aromatic carbocycles. The van der Waals surface area contributed by atoms with Gasteiger partial charge in [0.2, 0.25) is 0 Å². The number of fused-ring (bicyclic) bond motifs is 1. The van der Waals surface area contributed by atoms with E-state index in [1.165, 1.54) is 0 Å². The average molecular weight is 305 g/mol. The second-order valence-corrected chi connectivity index (χ2v) is 5.74. The summed E-state index contributed by atoms with van der Waals surface area (Å²) in [5.41, 5.74) is 5.79. The van der Waals surface area contributed by atoms with Gasteiger partial charge < -0.3 is 4.74 Å². The van der Waals surface area contributed by atoms with E-state index in [2.05, 4.69) is 16.5 Å². The summed E-state index contributed by atoms with van der Waals surface area (Å²) in [7, 11) is 1.67. The van der Waals surface area contributed by atoms with Gasteiger partial charge in [0.25, 0.3) is 0 Å². The maximum atomic E-state index is 9.45. The van der Waals surface area contributed by atoms with Gasteiger partial charge >= 0.3 is 0 Å². The smallest absolute Gasteiger partial charge is 0.137 e. The van der Waals surface area contributed by atoms with Gasteiger partial charge in [-0.25, -0.2) is 4.98 Å². The van der Waals surface area contributed by atoms with Crippen molar-refractivity contribution in [3.05, 3.63) is 53.3 Å². The first-order chi connectivity index (χ1) is 11.1. The molecule has 4 heteroatoms. The van der Waals surface area contributed by atoms with Crippen LogP contribution in [0.4, 0.5) is 0 Å². The second kappa shape index (κ2) is 5.77. The summed E-state index contributed by atoms with van der Waals surface area (Å²) in [5.74, 6) is 0.604. The highest BCUT2D eigenvalue weighted by Crippen LogP contribution is 2.33. The van der Waals surface area contributed by atoms with Gasteiger partial charge in [0.05, 0.1) is 30.5 Å². The highest BCUT2D eigenvalue weighted by atomic mass is 16.5. The SMILES string of the molecule is COc1ccc(-c2nc3cccc(C)n3c2C(C)C#N)cc1C. The second-order valence-electron chi connectivity index (χ2n) is 5.74. The number of ether oxygens (including phenoxy) is 1. The Morgan fingerprint density at radius 1 is 1.22 bits per heavy atom. The van der Waals surface area contributed by atoms with E-state index < -0.39 is 0 Å². The van der Waals surface area contributed by atoms with E-state index in [1.54, 1.807) is 7.11 Å². The molecule has 0 amide bonds. The van der Waals surface area contributed by atoms with Gasteiger partial charge in [-0.15, -0.1) is 0 Å². The zero-order chi connectivity index (χ0) is 16.6. The Morgan fingerprint density at radius 2 is 2.00 bits per heavy atom. The monoisotopic (exact) mass is 305 g/mol. The Kier molecular flexibility index (Phi) is 3.79. The Morgan fingerprint density at radius 3 is 2.65 bits per heavy atom. The zero-order valence-electron chi connectivity index (χ0n) is 13.8. The van der Waals surface area contributed by atoms with E-state index in [-0.39, 0.29) is 5.92 Å². The van der Waals surface area contributed by atoms with Gasteiger partial charge in [-0.3, -0.25) is 4.40 Å². The van der Waals surface area contributed by atoms with E-state index in [0.29, 0.717) is 0 Å². The predicted molar refractivity (Wildman–Crippen MR) is 90.7 cm³/mol. The zero-order valence-corrected chi connectivity index (χ0v) is 13.8. The number of hydrogen-bond acceptors (Lipinski definition) is 3. The fraction of sp³-hybridized carbons (Fsp3) is 0.263. The lowest BCUT2D eigenvalue weighted by Gasteiger charge is -2.10. The van der Waals surface area contributed by atoms with E-state index in [1.807, 2.05) is 51.1 Å². The number of nitrogens with zero attached hydrogens (tertiary/aromatic N) is 3. The van der Waals surface area contributed by atoms with Crippen molar-refractivity contribution in [1.29, 1.82) is 5.26 Å². The van der Waals surface area contributed by atoms with Crippen LogP contribution in [0, 0.1) is 25.2 Å². The molecule has 0 aliphatic heterocycles. The first-order valence-corrected chi connectivity index (χ1v) is 7.59. The molecule has 0 aliphatic rings. The Labute approximate surface area is 136 Å². The number of hydrogen-bond donors (Lipinski definition) is 0. The summed E-state index contributed by atoms with van der Waals surface area (Å²) in [6, 6.07) is 14.3. The van der Waals surface area contributed by atoms with Crippen molar-refractivity contribution in [1.82, 2.24) is 9.38 Å². The minimum absolute atomic E-state index is 0.247. The molecule has 0 saturated carbocycles. The summed E-state index contributed by atoms with van der Waals surface area (Å²) < 4.78 is 7.41. The van der Waals surface area contributed by atoms with Crippen LogP contribution in [0.2, 0.25) is 0 Å². The van der Waals surface area contributed by atoms with Gasteiger partial charge in [-0.1, -0.05) is 6.07 Å². The number of rotatable bonds is 3. The molecule has 0 saturated heterocycles. The minimum Gasteiger partial charge on any atom is -0.496 e. The van der Waals surface area contributed by atoms with Crippen LogP contribution in [0.25, 0.3) is 16.9 Å². The van der Waals surface area contributed by atoms with Crippen LogP contribution in [0.3, 0.4) is 0 Å². The van der Waals surface area contributed by atoms with Crippen molar-refractivity contribution in [3.63, 3.8) is 0 Å². The summed E-state index contributed by atoms with van der Waals surface area (Å²) >= 11 is 0. The lowest BCUT2D eigenvalue weighted by atomic mass is 10.0. The van der Waals surface area contributed by atoms with Crippen LogP contribution in [-0.2, 0) is 0 Å². The third-order valence-corrected chi connectivity index (χ3v) is 4.15. The molecular weight excluding hydrogens is 286 g/mol. The van der Waals surface area contributed by atoms with Gasteiger partial charge in [0, 0.05) is 11.3 Å². The fourth-order valence-corrected chi connectivity index (χ4v) is 2.98.